The zero-order chi connectivity index (χ0) is 10.9. The van der Waals surface area contributed by atoms with Gasteiger partial charge >= 0.3 is 0 Å². The molecule has 1 aromatic heterocycles. The largest absolute Gasteiger partial charge is 0.495 e. The van der Waals surface area contributed by atoms with Crippen LogP contribution in [0.5, 0.6) is 5.75 Å². The molecule has 82 valence electrons. The van der Waals surface area contributed by atoms with Crippen molar-refractivity contribution in [3.8, 4) is 5.75 Å². The van der Waals surface area contributed by atoms with E-state index in [-0.39, 0.29) is 0 Å². The lowest BCUT2D eigenvalue weighted by molar-refractivity contribution is 0.349. The first kappa shape index (κ1) is 10.4. The lowest BCUT2D eigenvalue weighted by Gasteiger charge is -2.23. The Hall–Kier alpha value is -1.09. The Bertz CT molecular complexity index is 347. The van der Waals surface area contributed by atoms with Crippen LogP contribution in [0.25, 0.3) is 0 Å². The van der Waals surface area contributed by atoms with E-state index < -0.39 is 0 Å². The van der Waals surface area contributed by atoms with Crippen molar-refractivity contribution in [1.82, 2.24) is 10.3 Å². The first-order valence-electron chi connectivity index (χ1n) is 5.37. The third kappa shape index (κ3) is 1.84. The van der Waals surface area contributed by atoms with Crippen molar-refractivity contribution in [2.45, 2.75) is 25.8 Å². The summed E-state index contributed by atoms with van der Waals surface area (Å²) in [6.07, 6.45) is 4.35. The number of methoxy groups -OCH3 is 1. The Balaban J connectivity index is 2.33. The molecule has 1 saturated carbocycles. The highest BCUT2D eigenvalue weighted by Gasteiger charge is 2.46. The summed E-state index contributed by atoms with van der Waals surface area (Å²) >= 11 is 0. The molecule has 3 heteroatoms. The van der Waals surface area contributed by atoms with E-state index in [0.29, 0.717) is 11.5 Å². The van der Waals surface area contributed by atoms with Gasteiger partial charge in [-0.15, -0.1) is 0 Å². The average molecular weight is 206 g/mol. The van der Waals surface area contributed by atoms with Crippen LogP contribution in [0.15, 0.2) is 18.3 Å². The molecule has 0 aromatic carbocycles. The van der Waals surface area contributed by atoms with Crippen LogP contribution in [0, 0.1) is 5.41 Å². The second-order valence-corrected chi connectivity index (χ2v) is 4.47. The highest BCUT2D eigenvalue weighted by atomic mass is 16.5. The summed E-state index contributed by atoms with van der Waals surface area (Å²) in [6.45, 7) is 2.29. The summed E-state index contributed by atoms with van der Waals surface area (Å²) in [7, 11) is 3.69. The van der Waals surface area contributed by atoms with Gasteiger partial charge in [-0.25, -0.2) is 0 Å². The molecule has 1 N–H and O–H groups in total. The smallest absolute Gasteiger partial charge is 0.142 e. The van der Waals surface area contributed by atoms with Crippen LogP contribution < -0.4 is 10.1 Å². The van der Waals surface area contributed by atoms with Crippen molar-refractivity contribution in [2.24, 2.45) is 5.41 Å². The highest BCUT2D eigenvalue weighted by molar-refractivity contribution is 5.32. The fourth-order valence-corrected chi connectivity index (χ4v) is 2.09. The number of hydrogen-bond donors (Lipinski definition) is 1. The quantitative estimate of drug-likeness (QED) is 0.819. The van der Waals surface area contributed by atoms with Crippen molar-refractivity contribution in [3.05, 3.63) is 24.0 Å². The molecule has 1 aliphatic carbocycles. The van der Waals surface area contributed by atoms with Gasteiger partial charge in [0.15, 0.2) is 0 Å². The van der Waals surface area contributed by atoms with Crippen molar-refractivity contribution < 1.29 is 4.74 Å². The SMILES string of the molecule is CNC(c1ncccc1OC)C1(C)CC1. The number of aromatic nitrogens is 1. The maximum Gasteiger partial charge on any atom is 0.142 e. The predicted octanol–water partition coefficient (Wildman–Crippen LogP) is 2.15. The average Bonchev–Trinajstić information content (AvgIpc) is 2.99. The monoisotopic (exact) mass is 206 g/mol. The minimum atomic E-state index is 0.300. The lowest BCUT2D eigenvalue weighted by atomic mass is 9.95. The molecule has 0 bridgehead atoms. The van der Waals surface area contributed by atoms with Crippen LogP contribution in [0.2, 0.25) is 0 Å². The van der Waals surface area contributed by atoms with Gasteiger partial charge in [0.2, 0.25) is 0 Å². The Kier molecular flexibility index (Phi) is 2.65. The second-order valence-electron chi connectivity index (χ2n) is 4.47. The van der Waals surface area contributed by atoms with Gasteiger partial charge in [0.05, 0.1) is 18.8 Å². The van der Waals surface area contributed by atoms with Gasteiger partial charge in [-0.2, -0.15) is 0 Å². The molecule has 3 nitrogen and oxygen atoms in total. The van der Waals surface area contributed by atoms with E-state index in [4.69, 9.17) is 4.74 Å². The molecule has 15 heavy (non-hydrogen) atoms. The van der Waals surface area contributed by atoms with Crippen LogP contribution in [0.1, 0.15) is 31.5 Å². The van der Waals surface area contributed by atoms with E-state index in [9.17, 15) is 0 Å². The van der Waals surface area contributed by atoms with E-state index in [0.717, 1.165) is 11.4 Å². The van der Waals surface area contributed by atoms with E-state index in [1.807, 2.05) is 25.4 Å². The van der Waals surface area contributed by atoms with Crippen molar-refractivity contribution in [3.63, 3.8) is 0 Å². The summed E-state index contributed by atoms with van der Waals surface area (Å²) in [5, 5.41) is 3.35. The summed E-state index contributed by atoms with van der Waals surface area (Å²) in [5.74, 6) is 0.880. The van der Waals surface area contributed by atoms with Crippen LogP contribution >= 0.6 is 0 Å². The predicted molar refractivity (Wildman–Crippen MR) is 59.9 cm³/mol. The molecule has 0 radical (unpaired) electrons. The minimum Gasteiger partial charge on any atom is -0.495 e. The van der Waals surface area contributed by atoms with Gasteiger partial charge in [-0.3, -0.25) is 4.98 Å². The molecule has 2 rings (SSSR count). The fourth-order valence-electron chi connectivity index (χ4n) is 2.09. The van der Waals surface area contributed by atoms with Gasteiger partial charge < -0.3 is 10.1 Å². The Morgan fingerprint density at radius 2 is 2.27 bits per heavy atom. The molecule has 1 unspecified atom stereocenters. The van der Waals surface area contributed by atoms with E-state index in [1.165, 1.54) is 12.8 Å². The standard InChI is InChI=1S/C12H18N2O/c1-12(6-7-12)11(13-2)10-9(15-3)5-4-8-14-10/h4-5,8,11,13H,6-7H2,1-3H3. The van der Waals surface area contributed by atoms with E-state index in [1.54, 1.807) is 7.11 Å². The third-order valence-electron chi connectivity index (χ3n) is 3.32. The first-order valence-corrected chi connectivity index (χ1v) is 5.37. The van der Waals surface area contributed by atoms with E-state index in [2.05, 4.69) is 17.2 Å². The zero-order valence-corrected chi connectivity index (χ0v) is 9.58. The van der Waals surface area contributed by atoms with Gasteiger partial charge in [0.25, 0.3) is 0 Å². The summed E-state index contributed by atoms with van der Waals surface area (Å²) in [4.78, 5) is 4.44. The van der Waals surface area contributed by atoms with Gasteiger partial charge in [0, 0.05) is 6.20 Å². The minimum absolute atomic E-state index is 0.300. The number of pyridine rings is 1. The maximum absolute atomic E-state index is 5.35. The van der Waals surface area contributed by atoms with Crippen LogP contribution in [0.3, 0.4) is 0 Å². The molecular weight excluding hydrogens is 188 g/mol. The van der Waals surface area contributed by atoms with Crippen LogP contribution in [-0.4, -0.2) is 19.1 Å². The van der Waals surface area contributed by atoms with Crippen LogP contribution in [-0.2, 0) is 0 Å². The van der Waals surface area contributed by atoms with Crippen molar-refractivity contribution in [1.29, 1.82) is 0 Å². The number of nitrogens with one attached hydrogen (secondary N) is 1. The Labute approximate surface area is 90.9 Å². The normalized spacial score (nSPS) is 19.7. The molecule has 1 heterocycles. The lowest BCUT2D eigenvalue weighted by Crippen LogP contribution is -2.26. The Morgan fingerprint density at radius 3 is 2.80 bits per heavy atom. The molecule has 1 atom stereocenters. The number of nitrogens with zero attached hydrogens (tertiary/aromatic N) is 1. The number of rotatable bonds is 4. The van der Waals surface area contributed by atoms with Crippen molar-refractivity contribution >= 4 is 0 Å². The third-order valence-corrected chi connectivity index (χ3v) is 3.32. The van der Waals surface area contributed by atoms with E-state index >= 15 is 0 Å². The maximum atomic E-state index is 5.35. The topological polar surface area (TPSA) is 34.2 Å². The van der Waals surface area contributed by atoms with Gasteiger partial charge in [-0.05, 0) is 37.4 Å². The van der Waals surface area contributed by atoms with Crippen molar-refractivity contribution in [2.75, 3.05) is 14.2 Å². The number of ether oxygens (including phenoxy) is 1. The molecule has 0 amide bonds. The number of hydrogen-bond acceptors (Lipinski definition) is 3. The summed E-state index contributed by atoms with van der Waals surface area (Å²) in [6, 6.07) is 4.18. The first-order chi connectivity index (χ1) is 7.21. The molecular formula is C12H18N2O. The fraction of sp³-hybridized carbons (Fsp3) is 0.583. The molecule has 1 fully saturated rings. The highest BCUT2D eigenvalue weighted by Crippen LogP contribution is 2.54. The van der Waals surface area contributed by atoms with Crippen LogP contribution in [0.4, 0.5) is 0 Å². The second kappa shape index (κ2) is 3.81. The molecule has 1 aliphatic rings. The summed E-state index contributed by atoms with van der Waals surface area (Å²) in [5.41, 5.74) is 1.39. The Morgan fingerprint density at radius 1 is 1.53 bits per heavy atom. The zero-order valence-electron chi connectivity index (χ0n) is 9.58. The summed E-state index contributed by atoms with van der Waals surface area (Å²) < 4.78 is 5.35. The molecule has 0 saturated heterocycles. The molecule has 0 spiro atoms. The molecule has 1 aromatic rings. The van der Waals surface area contributed by atoms with Gasteiger partial charge in [-0.1, -0.05) is 6.92 Å². The van der Waals surface area contributed by atoms with Gasteiger partial charge in [0.1, 0.15) is 5.75 Å². The molecule has 0 aliphatic heterocycles.